The van der Waals surface area contributed by atoms with Crippen LogP contribution in [0.3, 0.4) is 0 Å². The van der Waals surface area contributed by atoms with E-state index < -0.39 is 11.7 Å². The zero-order valence-electron chi connectivity index (χ0n) is 15.8. The van der Waals surface area contributed by atoms with Crippen LogP contribution in [0, 0.1) is 0 Å². The number of ether oxygens (including phenoxy) is 1. The van der Waals surface area contributed by atoms with Gasteiger partial charge >= 0.3 is 5.79 Å². The molecule has 1 unspecified atom stereocenters. The number of carbonyl (C=O) groups excluding carboxylic acids is 1. The van der Waals surface area contributed by atoms with Gasteiger partial charge in [0.2, 0.25) is 0 Å². The van der Waals surface area contributed by atoms with Gasteiger partial charge in [0.1, 0.15) is 5.01 Å². The second-order valence-electron chi connectivity index (χ2n) is 5.94. The molecule has 3 heterocycles. The van der Waals surface area contributed by atoms with E-state index in [1.54, 1.807) is 55.1 Å². The molecule has 30 heavy (non-hydrogen) atoms. The molecule has 1 aromatic carbocycles. The van der Waals surface area contributed by atoms with Crippen molar-refractivity contribution in [3.8, 4) is 10.6 Å². The van der Waals surface area contributed by atoms with Gasteiger partial charge in [0.05, 0.1) is 0 Å². The molecule has 0 aliphatic rings. The van der Waals surface area contributed by atoms with E-state index >= 15 is 0 Å². The first kappa shape index (κ1) is 19.7. The molecule has 3 aromatic heterocycles. The van der Waals surface area contributed by atoms with Crippen molar-refractivity contribution >= 4 is 17.2 Å². The Bertz CT molecular complexity index is 1110. The summed E-state index contributed by atoms with van der Waals surface area (Å²) in [7, 11) is 1.42. The van der Waals surface area contributed by atoms with Crippen molar-refractivity contribution in [1.82, 2.24) is 30.6 Å². The molecule has 1 atom stereocenters. The average Bonchev–Trinajstić information content (AvgIpc) is 3.32. The van der Waals surface area contributed by atoms with Gasteiger partial charge in [0.15, 0.2) is 10.8 Å². The average molecular weight is 420 g/mol. The highest BCUT2D eigenvalue weighted by molar-refractivity contribution is 7.14. The van der Waals surface area contributed by atoms with Gasteiger partial charge in [-0.2, -0.15) is 0 Å². The van der Waals surface area contributed by atoms with Crippen LogP contribution in [0.4, 0.5) is 0 Å². The number of hydrogen-bond acceptors (Lipinski definition) is 9. The van der Waals surface area contributed by atoms with Crippen molar-refractivity contribution < 1.29 is 14.4 Å². The largest absolute Gasteiger partial charge is 0.340 e. The van der Waals surface area contributed by atoms with Crippen molar-refractivity contribution in [3.63, 3.8) is 0 Å². The molecule has 0 bridgehead atoms. The van der Waals surface area contributed by atoms with Gasteiger partial charge in [0, 0.05) is 43.0 Å². The molecule has 10 heteroatoms. The Balaban J connectivity index is 1.70. The van der Waals surface area contributed by atoms with Crippen LogP contribution in [0.1, 0.15) is 21.2 Å². The summed E-state index contributed by atoms with van der Waals surface area (Å²) in [5, 5.41) is 9.40. The lowest BCUT2D eigenvalue weighted by Crippen LogP contribution is -2.42. The molecule has 0 aliphatic heterocycles. The number of nitrogens with zero attached hydrogens (tertiary/aromatic N) is 5. The van der Waals surface area contributed by atoms with Gasteiger partial charge in [-0.15, -0.1) is 10.2 Å². The van der Waals surface area contributed by atoms with Crippen molar-refractivity contribution in [2.24, 2.45) is 0 Å². The fourth-order valence-corrected chi connectivity index (χ4v) is 3.56. The van der Waals surface area contributed by atoms with Gasteiger partial charge in [-0.3, -0.25) is 9.78 Å². The molecule has 0 saturated carbocycles. The number of nitrogens with one attached hydrogen (secondary N) is 1. The third-order valence-electron chi connectivity index (χ3n) is 4.10. The number of rotatable bonds is 7. The van der Waals surface area contributed by atoms with E-state index in [2.05, 4.69) is 30.6 Å². The lowest BCUT2D eigenvalue weighted by atomic mass is 10.2. The molecule has 1 amide bonds. The molecule has 4 aromatic rings. The number of amides is 1. The maximum absolute atomic E-state index is 12.5. The highest BCUT2D eigenvalue weighted by Crippen LogP contribution is 2.36. The molecule has 0 radical (unpaired) electrons. The Labute approximate surface area is 175 Å². The van der Waals surface area contributed by atoms with Gasteiger partial charge in [-0.05, 0) is 30.3 Å². The maximum Gasteiger partial charge on any atom is 0.309 e. The summed E-state index contributed by atoms with van der Waals surface area (Å²) >= 11 is 1.23. The molecular weight excluding hydrogens is 404 g/mol. The van der Waals surface area contributed by atoms with E-state index in [1.165, 1.54) is 18.4 Å². The van der Waals surface area contributed by atoms with Crippen LogP contribution in [0.5, 0.6) is 0 Å². The highest BCUT2D eigenvalue weighted by Gasteiger charge is 2.44. The standard InChI is InChI=1S/C20H16N6O3S/c1-28-20(18-22-10-5-11-23-18,29-26-16(27)14-6-3-2-4-7-14)19-25-24-17(30-19)15-8-12-21-13-9-15/h2-13H,1H3,(H,26,27). The third kappa shape index (κ3) is 3.92. The van der Waals surface area contributed by atoms with Gasteiger partial charge in [0.25, 0.3) is 5.91 Å². The van der Waals surface area contributed by atoms with E-state index in [-0.39, 0.29) is 5.82 Å². The van der Waals surface area contributed by atoms with Crippen molar-refractivity contribution in [3.05, 3.63) is 89.7 Å². The monoisotopic (exact) mass is 420 g/mol. The number of benzene rings is 1. The predicted molar refractivity (Wildman–Crippen MR) is 108 cm³/mol. The van der Waals surface area contributed by atoms with Crippen LogP contribution in [0.25, 0.3) is 10.6 Å². The molecule has 4 rings (SSSR count). The normalized spacial score (nSPS) is 12.8. The Hall–Kier alpha value is -3.60. The second kappa shape index (κ2) is 8.82. The zero-order valence-corrected chi connectivity index (χ0v) is 16.6. The van der Waals surface area contributed by atoms with Crippen LogP contribution in [-0.2, 0) is 15.4 Å². The molecule has 1 N–H and O–H groups in total. The molecule has 150 valence electrons. The number of carbonyl (C=O) groups is 1. The Morgan fingerprint density at radius 1 is 0.967 bits per heavy atom. The maximum atomic E-state index is 12.5. The van der Waals surface area contributed by atoms with Gasteiger partial charge in [-0.1, -0.05) is 29.5 Å². The van der Waals surface area contributed by atoms with Crippen LogP contribution < -0.4 is 5.48 Å². The van der Waals surface area contributed by atoms with Crippen molar-refractivity contribution in [2.75, 3.05) is 7.11 Å². The lowest BCUT2D eigenvalue weighted by molar-refractivity contribution is -0.232. The highest BCUT2D eigenvalue weighted by atomic mass is 32.1. The Morgan fingerprint density at radius 3 is 2.40 bits per heavy atom. The number of aromatic nitrogens is 5. The number of methoxy groups -OCH3 is 1. The minimum absolute atomic E-state index is 0.165. The molecule has 0 aliphatic carbocycles. The first-order valence-electron chi connectivity index (χ1n) is 8.83. The third-order valence-corrected chi connectivity index (χ3v) is 5.16. The molecule has 0 spiro atoms. The molecule has 0 fully saturated rings. The number of hydroxylamine groups is 1. The van der Waals surface area contributed by atoms with Crippen LogP contribution in [0.2, 0.25) is 0 Å². The van der Waals surface area contributed by atoms with Crippen LogP contribution in [-0.4, -0.2) is 38.2 Å². The summed E-state index contributed by atoms with van der Waals surface area (Å²) in [6.07, 6.45) is 6.42. The molecule has 0 saturated heterocycles. The van der Waals surface area contributed by atoms with E-state index in [0.717, 1.165) is 5.56 Å². The lowest BCUT2D eigenvalue weighted by Gasteiger charge is -2.27. The summed E-state index contributed by atoms with van der Waals surface area (Å²) in [5.41, 5.74) is 3.68. The SMILES string of the molecule is COC(ONC(=O)c1ccccc1)(c1ncccn1)c1nnc(-c2ccncc2)s1. The Morgan fingerprint density at radius 2 is 1.70 bits per heavy atom. The second-order valence-corrected chi connectivity index (χ2v) is 6.92. The predicted octanol–water partition coefficient (Wildman–Crippen LogP) is 2.60. The minimum Gasteiger partial charge on any atom is -0.340 e. The van der Waals surface area contributed by atoms with Crippen LogP contribution >= 0.6 is 11.3 Å². The van der Waals surface area contributed by atoms with Crippen LogP contribution in [0.15, 0.2) is 73.3 Å². The fourth-order valence-electron chi connectivity index (χ4n) is 2.61. The number of pyridine rings is 1. The quantitative estimate of drug-likeness (QED) is 0.359. The van der Waals surface area contributed by atoms with E-state index in [4.69, 9.17) is 9.57 Å². The van der Waals surface area contributed by atoms with E-state index in [9.17, 15) is 4.79 Å². The first-order chi connectivity index (χ1) is 14.7. The summed E-state index contributed by atoms with van der Waals surface area (Å²) in [5.74, 6) is -1.97. The topological polar surface area (TPSA) is 112 Å². The summed E-state index contributed by atoms with van der Waals surface area (Å²) in [6, 6.07) is 13.9. The zero-order chi connectivity index (χ0) is 20.8. The van der Waals surface area contributed by atoms with Gasteiger partial charge in [-0.25, -0.2) is 20.3 Å². The fraction of sp³-hybridized carbons (Fsp3) is 0.100. The van der Waals surface area contributed by atoms with Crippen molar-refractivity contribution in [2.45, 2.75) is 5.79 Å². The molecule has 9 nitrogen and oxygen atoms in total. The minimum atomic E-state index is -1.69. The summed E-state index contributed by atoms with van der Waals surface area (Å²) in [4.78, 5) is 30.8. The van der Waals surface area contributed by atoms with E-state index in [0.29, 0.717) is 15.6 Å². The smallest absolute Gasteiger partial charge is 0.309 e. The number of hydrogen-bond donors (Lipinski definition) is 1. The van der Waals surface area contributed by atoms with Crippen molar-refractivity contribution in [1.29, 1.82) is 0 Å². The van der Waals surface area contributed by atoms with E-state index in [1.807, 2.05) is 18.2 Å². The summed E-state index contributed by atoms with van der Waals surface area (Å²) < 4.78 is 5.68. The van der Waals surface area contributed by atoms with Gasteiger partial charge < -0.3 is 4.74 Å². The first-order valence-corrected chi connectivity index (χ1v) is 9.65. The summed E-state index contributed by atoms with van der Waals surface area (Å²) in [6.45, 7) is 0. The molecular formula is C20H16N6O3S. The Kier molecular flexibility index (Phi) is 5.80.